The maximum Gasteiger partial charge on any atom is 0.294 e. The summed E-state index contributed by atoms with van der Waals surface area (Å²) in [5.74, 6) is -0.639. The molecule has 3 rings (SSSR count). The highest BCUT2D eigenvalue weighted by Gasteiger charge is 2.11. The van der Waals surface area contributed by atoms with E-state index in [4.69, 9.17) is 4.55 Å². The predicted octanol–water partition coefficient (Wildman–Crippen LogP) is 6.63. The van der Waals surface area contributed by atoms with E-state index >= 15 is 0 Å². The Morgan fingerprint density at radius 3 is 1.94 bits per heavy atom. The number of phenols is 2. The van der Waals surface area contributed by atoms with Crippen LogP contribution in [0.1, 0.15) is 11.1 Å². The van der Waals surface area contributed by atoms with Gasteiger partial charge in [0.05, 0.1) is 16.3 Å². The minimum absolute atomic E-state index is 0.0114. The number of hydrogen-bond donors (Lipinski definition) is 3. The summed E-state index contributed by atoms with van der Waals surface area (Å²) in [6.45, 7) is 7.55. The van der Waals surface area contributed by atoms with Crippen molar-refractivity contribution in [3.63, 3.8) is 0 Å². The SMILES string of the molecule is C=CCc1cccc(N=Nc2cc(N=Nc3ccc(S(=O)(=O)O)cc3)c(O)cc2O)c1CC=C. The molecule has 0 radical (unpaired) electrons. The van der Waals surface area contributed by atoms with Gasteiger partial charge in [0, 0.05) is 12.1 Å². The van der Waals surface area contributed by atoms with Crippen molar-refractivity contribution < 1.29 is 23.2 Å². The van der Waals surface area contributed by atoms with Crippen molar-refractivity contribution in [3.8, 4) is 11.5 Å². The molecule has 34 heavy (non-hydrogen) atoms. The van der Waals surface area contributed by atoms with Crippen LogP contribution in [0.15, 0.2) is 105 Å². The Labute approximate surface area is 196 Å². The summed E-state index contributed by atoms with van der Waals surface area (Å²) in [6, 6.07) is 13.0. The lowest BCUT2D eigenvalue weighted by molar-refractivity contribution is 0.452. The fourth-order valence-electron chi connectivity index (χ4n) is 3.06. The van der Waals surface area contributed by atoms with Gasteiger partial charge in [-0.05, 0) is 54.3 Å². The zero-order valence-electron chi connectivity index (χ0n) is 18.0. The molecule has 0 aromatic heterocycles. The van der Waals surface area contributed by atoms with E-state index in [1.165, 1.54) is 30.3 Å². The Kier molecular flexibility index (Phi) is 7.67. The molecular weight excluding hydrogens is 456 g/mol. The number of phenolic OH excluding ortho intramolecular Hbond substituents is 2. The quantitative estimate of drug-likeness (QED) is 0.179. The van der Waals surface area contributed by atoms with Crippen molar-refractivity contribution in [2.75, 3.05) is 0 Å². The average Bonchev–Trinajstić information content (AvgIpc) is 2.79. The fraction of sp³-hybridized carbons (Fsp3) is 0.0833. The highest BCUT2D eigenvalue weighted by atomic mass is 32.2. The summed E-state index contributed by atoms with van der Waals surface area (Å²) < 4.78 is 31.3. The molecule has 0 heterocycles. The van der Waals surface area contributed by atoms with Gasteiger partial charge in [0.15, 0.2) is 0 Å². The molecule has 0 spiro atoms. The van der Waals surface area contributed by atoms with E-state index < -0.39 is 10.1 Å². The molecule has 9 nitrogen and oxygen atoms in total. The first-order chi connectivity index (χ1) is 16.2. The van der Waals surface area contributed by atoms with E-state index in [1.807, 2.05) is 12.1 Å². The van der Waals surface area contributed by atoms with Gasteiger partial charge in [-0.1, -0.05) is 24.3 Å². The molecule has 0 amide bonds. The van der Waals surface area contributed by atoms with E-state index in [-0.39, 0.29) is 33.5 Å². The molecule has 0 aliphatic carbocycles. The number of rotatable bonds is 9. The molecule has 0 unspecified atom stereocenters. The van der Waals surface area contributed by atoms with Gasteiger partial charge in [0.1, 0.15) is 22.9 Å². The topological polar surface area (TPSA) is 144 Å². The molecule has 3 aromatic rings. The van der Waals surface area contributed by atoms with Gasteiger partial charge in [0.2, 0.25) is 0 Å². The lowest BCUT2D eigenvalue weighted by atomic mass is 10.00. The minimum Gasteiger partial charge on any atom is -0.505 e. The van der Waals surface area contributed by atoms with Gasteiger partial charge in [0.25, 0.3) is 10.1 Å². The van der Waals surface area contributed by atoms with Crippen LogP contribution in [0.4, 0.5) is 22.7 Å². The van der Waals surface area contributed by atoms with Crippen LogP contribution in [0.5, 0.6) is 11.5 Å². The third kappa shape index (κ3) is 6.00. The van der Waals surface area contributed by atoms with Crippen molar-refractivity contribution in [3.05, 3.63) is 91.0 Å². The minimum atomic E-state index is -4.32. The van der Waals surface area contributed by atoms with Gasteiger partial charge in [-0.25, -0.2) is 0 Å². The molecule has 0 saturated carbocycles. The molecule has 0 aliphatic heterocycles. The molecule has 0 saturated heterocycles. The maximum absolute atomic E-state index is 11.1. The van der Waals surface area contributed by atoms with Crippen molar-refractivity contribution in [1.82, 2.24) is 0 Å². The van der Waals surface area contributed by atoms with E-state index in [1.54, 1.807) is 18.2 Å². The Bertz CT molecular complexity index is 1380. The normalized spacial score (nSPS) is 11.8. The smallest absolute Gasteiger partial charge is 0.294 e. The van der Waals surface area contributed by atoms with Crippen LogP contribution >= 0.6 is 0 Å². The number of benzene rings is 3. The first-order valence-corrected chi connectivity index (χ1v) is 11.5. The predicted molar refractivity (Wildman–Crippen MR) is 129 cm³/mol. The van der Waals surface area contributed by atoms with Crippen LogP contribution in [-0.4, -0.2) is 23.2 Å². The summed E-state index contributed by atoms with van der Waals surface area (Å²) in [7, 11) is -4.32. The lowest BCUT2D eigenvalue weighted by Crippen LogP contribution is -1.96. The highest BCUT2D eigenvalue weighted by molar-refractivity contribution is 7.85. The number of nitrogens with zero attached hydrogens (tertiary/aromatic N) is 4. The average molecular weight is 479 g/mol. The Hall–Kier alpha value is -4.15. The first-order valence-electron chi connectivity index (χ1n) is 10.0. The first kappa shape index (κ1) is 24.5. The molecule has 10 heteroatoms. The molecule has 0 fully saturated rings. The van der Waals surface area contributed by atoms with Gasteiger partial charge >= 0.3 is 0 Å². The van der Waals surface area contributed by atoms with Crippen LogP contribution in [0.25, 0.3) is 0 Å². The zero-order valence-corrected chi connectivity index (χ0v) is 18.9. The van der Waals surface area contributed by atoms with Gasteiger partial charge < -0.3 is 10.2 Å². The summed E-state index contributed by atoms with van der Waals surface area (Å²) in [4.78, 5) is -0.283. The van der Waals surface area contributed by atoms with Crippen molar-refractivity contribution in [2.24, 2.45) is 20.5 Å². The van der Waals surface area contributed by atoms with Gasteiger partial charge in [-0.2, -0.15) is 18.6 Å². The van der Waals surface area contributed by atoms with E-state index in [0.29, 0.717) is 18.5 Å². The van der Waals surface area contributed by atoms with Crippen LogP contribution in [0.2, 0.25) is 0 Å². The van der Waals surface area contributed by atoms with E-state index in [9.17, 15) is 18.6 Å². The summed E-state index contributed by atoms with van der Waals surface area (Å²) in [6.07, 6.45) is 4.80. The number of hydrogen-bond acceptors (Lipinski definition) is 8. The Morgan fingerprint density at radius 2 is 1.35 bits per heavy atom. The van der Waals surface area contributed by atoms with E-state index in [2.05, 4.69) is 33.6 Å². The van der Waals surface area contributed by atoms with Crippen LogP contribution in [0, 0.1) is 0 Å². The molecule has 3 N–H and O–H groups in total. The second-order valence-corrected chi connectivity index (χ2v) is 8.52. The molecule has 174 valence electrons. The van der Waals surface area contributed by atoms with E-state index in [0.717, 1.165) is 17.2 Å². The van der Waals surface area contributed by atoms with Gasteiger partial charge in [-0.15, -0.1) is 23.4 Å². The molecule has 0 bridgehead atoms. The summed E-state index contributed by atoms with van der Waals surface area (Å²) >= 11 is 0. The second kappa shape index (κ2) is 10.6. The Morgan fingerprint density at radius 1 is 0.765 bits per heavy atom. The Balaban J connectivity index is 1.91. The number of aromatic hydroxyl groups is 2. The monoisotopic (exact) mass is 478 g/mol. The zero-order chi connectivity index (χ0) is 24.7. The maximum atomic E-state index is 11.1. The van der Waals surface area contributed by atoms with Crippen molar-refractivity contribution in [2.45, 2.75) is 17.7 Å². The lowest BCUT2D eigenvalue weighted by Gasteiger charge is -2.09. The summed E-state index contributed by atoms with van der Waals surface area (Å²) in [5.41, 5.74) is 2.93. The molecule has 0 aliphatic rings. The van der Waals surface area contributed by atoms with Crippen molar-refractivity contribution >= 4 is 32.9 Å². The van der Waals surface area contributed by atoms with Crippen LogP contribution in [0.3, 0.4) is 0 Å². The third-order valence-corrected chi connectivity index (χ3v) is 5.57. The second-order valence-electron chi connectivity index (χ2n) is 7.10. The number of azo groups is 2. The van der Waals surface area contributed by atoms with Crippen molar-refractivity contribution in [1.29, 1.82) is 0 Å². The van der Waals surface area contributed by atoms with Crippen LogP contribution < -0.4 is 0 Å². The standard InChI is InChI=1S/C24H22N4O5S/c1-3-6-16-8-5-9-20(19(16)7-4-2)26-28-22-14-21(23(29)15-24(22)30)27-25-17-10-12-18(13-11-17)34(31,32)33/h3-5,8-15,29-30H,1-2,6-7H2,(H,31,32,33). The van der Waals surface area contributed by atoms with Gasteiger partial charge in [-0.3, -0.25) is 4.55 Å². The fourth-order valence-corrected chi connectivity index (χ4v) is 3.54. The number of allylic oxidation sites excluding steroid dienone is 2. The molecule has 3 aromatic carbocycles. The van der Waals surface area contributed by atoms with Crippen LogP contribution in [-0.2, 0) is 23.0 Å². The highest BCUT2D eigenvalue weighted by Crippen LogP contribution is 2.40. The largest absolute Gasteiger partial charge is 0.505 e. The summed E-state index contributed by atoms with van der Waals surface area (Å²) in [5, 5.41) is 36.6. The molecule has 0 atom stereocenters. The molecular formula is C24H22N4O5S. The third-order valence-electron chi connectivity index (χ3n) is 4.71.